The van der Waals surface area contributed by atoms with Gasteiger partial charge in [0.25, 0.3) is 11.7 Å². The van der Waals surface area contributed by atoms with Crippen molar-refractivity contribution in [2.24, 2.45) is 0 Å². The van der Waals surface area contributed by atoms with Gasteiger partial charge in [-0.3, -0.25) is 9.59 Å². The highest BCUT2D eigenvalue weighted by Crippen LogP contribution is 2.41. The van der Waals surface area contributed by atoms with Crippen LogP contribution in [0, 0.1) is 0 Å². The molecule has 1 aromatic carbocycles. The van der Waals surface area contributed by atoms with Gasteiger partial charge in [-0.1, -0.05) is 31.5 Å². The van der Waals surface area contributed by atoms with Crippen LogP contribution < -0.4 is 4.74 Å². The summed E-state index contributed by atoms with van der Waals surface area (Å²) in [7, 11) is 3.95. The molecule has 0 bridgehead atoms. The number of hydrogen-bond acceptors (Lipinski definition) is 6. The first-order valence-electron chi connectivity index (χ1n) is 10.6. The van der Waals surface area contributed by atoms with Crippen LogP contribution in [0.25, 0.3) is 5.76 Å². The first-order chi connectivity index (χ1) is 14.9. The molecule has 6 nitrogen and oxygen atoms in total. The summed E-state index contributed by atoms with van der Waals surface area (Å²) < 4.78 is 5.74. The average Bonchev–Trinajstić information content (AvgIpc) is 3.36. The average molecular weight is 443 g/mol. The van der Waals surface area contributed by atoms with Crippen molar-refractivity contribution in [1.29, 1.82) is 0 Å². The number of ether oxygens (including phenoxy) is 1. The highest BCUT2D eigenvalue weighted by atomic mass is 32.1. The van der Waals surface area contributed by atoms with Crippen LogP contribution in [0.3, 0.4) is 0 Å². The van der Waals surface area contributed by atoms with Gasteiger partial charge in [-0.25, -0.2) is 0 Å². The molecule has 1 aromatic heterocycles. The van der Waals surface area contributed by atoms with Crippen molar-refractivity contribution in [2.45, 2.75) is 32.2 Å². The monoisotopic (exact) mass is 442 g/mol. The van der Waals surface area contributed by atoms with Crippen LogP contribution in [0.2, 0.25) is 0 Å². The Labute approximate surface area is 187 Å². The number of aliphatic hydroxyl groups is 1. The number of amides is 1. The second-order valence-electron chi connectivity index (χ2n) is 7.89. The molecule has 1 saturated heterocycles. The van der Waals surface area contributed by atoms with Gasteiger partial charge in [0, 0.05) is 17.0 Å². The van der Waals surface area contributed by atoms with E-state index in [2.05, 4.69) is 6.92 Å². The molecular weight excluding hydrogens is 412 g/mol. The van der Waals surface area contributed by atoms with Crippen LogP contribution in [-0.2, 0) is 9.59 Å². The van der Waals surface area contributed by atoms with E-state index >= 15 is 0 Å². The lowest BCUT2D eigenvalue weighted by molar-refractivity contribution is -0.139. The molecule has 1 atom stereocenters. The summed E-state index contributed by atoms with van der Waals surface area (Å²) in [5, 5.41) is 13.0. The Bertz CT molecular complexity index is 937. The number of ketones is 1. The lowest BCUT2D eigenvalue weighted by atomic mass is 9.99. The number of thiophene rings is 1. The van der Waals surface area contributed by atoms with Crippen molar-refractivity contribution in [3.8, 4) is 5.75 Å². The molecule has 2 heterocycles. The van der Waals surface area contributed by atoms with E-state index in [0.717, 1.165) is 30.7 Å². The van der Waals surface area contributed by atoms with E-state index < -0.39 is 17.7 Å². The highest BCUT2D eigenvalue weighted by molar-refractivity contribution is 7.10. The van der Waals surface area contributed by atoms with Gasteiger partial charge in [-0.15, -0.1) is 11.3 Å². The van der Waals surface area contributed by atoms with Gasteiger partial charge in [0.1, 0.15) is 11.5 Å². The first-order valence-corrected chi connectivity index (χ1v) is 11.5. The lowest BCUT2D eigenvalue weighted by Crippen LogP contribution is -2.32. The third-order valence-electron chi connectivity index (χ3n) is 5.23. The minimum absolute atomic E-state index is 0.142. The zero-order chi connectivity index (χ0) is 22.4. The van der Waals surface area contributed by atoms with Crippen molar-refractivity contribution in [3.63, 3.8) is 0 Å². The number of nitrogens with zero attached hydrogens (tertiary/aromatic N) is 2. The molecule has 31 heavy (non-hydrogen) atoms. The van der Waals surface area contributed by atoms with Crippen LogP contribution in [0.5, 0.6) is 5.75 Å². The van der Waals surface area contributed by atoms with Gasteiger partial charge in [-0.2, -0.15) is 0 Å². The van der Waals surface area contributed by atoms with Crippen molar-refractivity contribution >= 4 is 28.8 Å². The minimum Gasteiger partial charge on any atom is -0.507 e. The number of Topliss-reactive ketones (excluding diaryl/α,β-unsaturated/α-hetero) is 1. The standard InChI is InChI=1S/C24H30N2O4S/c1-4-5-14-30-18-10-6-9-17(16-18)22(27)20-21(19-11-7-15-31-19)26(24(29)23(20)28)13-8-12-25(2)3/h6-7,9-11,15-16,21,27H,4-5,8,12-14H2,1-3H3. The van der Waals surface area contributed by atoms with Gasteiger partial charge >= 0.3 is 0 Å². The van der Waals surface area contributed by atoms with Crippen molar-refractivity contribution in [1.82, 2.24) is 9.80 Å². The van der Waals surface area contributed by atoms with Crippen molar-refractivity contribution in [2.75, 3.05) is 33.8 Å². The smallest absolute Gasteiger partial charge is 0.295 e. The Morgan fingerprint density at radius 3 is 2.68 bits per heavy atom. The summed E-state index contributed by atoms with van der Waals surface area (Å²) in [5.74, 6) is -0.731. The molecule has 0 spiro atoms. The minimum atomic E-state index is -0.641. The number of likely N-dealkylation sites (tertiary alicyclic amines) is 1. The fraction of sp³-hybridized carbons (Fsp3) is 0.417. The maximum absolute atomic E-state index is 13.0. The molecule has 2 aromatic rings. The van der Waals surface area contributed by atoms with E-state index in [4.69, 9.17) is 4.74 Å². The molecule has 0 radical (unpaired) electrons. The Balaban J connectivity index is 1.96. The topological polar surface area (TPSA) is 70.1 Å². The second kappa shape index (κ2) is 10.6. The molecule has 1 aliphatic rings. The Morgan fingerprint density at radius 1 is 1.19 bits per heavy atom. The normalized spacial score (nSPS) is 18.2. The largest absolute Gasteiger partial charge is 0.507 e. The molecule has 1 aliphatic heterocycles. The van der Waals surface area contributed by atoms with E-state index in [1.54, 1.807) is 23.1 Å². The second-order valence-corrected chi connectivity index (χ2v) is 8.87. The summed E-state index contributed by atoms with van der Waals surface area (Å²) in [4.78, 5) is 30.3. The summed E-state index contributed by atoms with van der Waals surface area (Å²) in [6, 6.07) is 10.3. The van der Waals surface area contributed by atoms with Gasteiger partial charge in [0.2, 0.25) is 0 Å². The Kier molecular flexibility index (Phi) is 7.87. The number of benzene rings is 1. The lowest BCUT2D eigenvalue weighted by Gasteiger charge is -2.24. The molecule has 3 rings (SSSR count). The molecule has 1 fully saturated rings. The number of hydrogen-bond donors (Lipinski definition) is 1. The fourth-order valence-corrected chi connectivity index (χ4v) is 4.48. The maximum Gasteiger partial charge on any atom is 0.295 e. The number of carbonyl (C=O) groups is 2. The molecule has 1 unspecified atom stereocenters. The van der Waals surface area contributed by atoms with E-state index in [1.807, 2.05) is 42.6 Å². The molecule has 1 N–H and O–H groups in total. The number of rotatable bonds is 10. The van der Waals surface area contributed by atoms with E-state index in [0.29, 0.717) is 24.5 Å². The first kappa shape index (κ1) is 23.0. The van der Waals surface area contributed by atoms with Crippen LogP contribution in [0.4, 0.5) is 0 Å². The summed E-state index contributed by atoms with van der Waals surface area (Å²) >= 11 is 1.47. The number of unbranched alkanes of at least 4 members (excludes halogenated alkanes) is 1. The zero-order valence-corrected chi connectivity index (χ0v) is 19.2. The maximum atomic E-state index is 13.0. The molecule has 1 amide bonds. The van der Waals surface area contributed by atoms with E-state index in [1.165, 1.54) is 11.3 Å². The number of aliphatic hydroxyl groups excluding tert-OH is 1. The summed E-state index contributed by atoms with van der Waals surface area (Å²) in [6.45, 7) is 3.93. The van der Waals surface area contributed by atoms with E-state index in [9.17, 15) is 14.7 Å². The molecule has 0 saturated carbocycles. The molecule has 166 valence electrons. The molecule has 7 heteroatoms. The van der Waals surface area contributed by atoms with Crippen LogP contribution in [0.1, 0.15) is 42.7 Å². The van der Waals surface area contributed by atoms with Gasteiger partial charge in [-0.05, 0) is 57.1 Å². The van der Waals surface area contributed by atoms with Gasteiger partial charge in [0.15, 0.2) is 0 Å². The summed E-state index contributed by atoms with van der Waals surface area (Å²) in [6.07, 6.45) is 2.70. The third kappa shape index (κ3) is 5.35. The molecule has 0 aliphatic carbocycles. The van der Waals surface area contributed by atoms with E-state index in [-0.39, 0.29) is 11.3 Å². The van der Waals surface area contributed by atoms with Gasteiger partial charge in [0.05, 0.1) is 18.2 Å². The molecular formula is C24H30N2O4S. The quantitative estimate of drug-likeness (QED) is 0.257. The summed E-state index contributed by atoms with van der Waals surface area (Å²) in [5.41, 5.74) is 0.616. The number of carbonyl (C=O) groups excluding carboxylic acids is 2. The Morgan fingerprint density at radius 2 is 2.00 bits per heavy atom. The van der Waals surface area contributed by atoms with Crippen molar-refractivity contribution < 1.29 is 19.4 Å². The highest BCUT2D eigenvalue weighted by Gasteiger charge is 2.46. The van der Waals surface area contributed by atoms with Gasteiger partial charge < -0.3 is 19.6 Å². The van der Waals surface area contributed by atoms with Crippen molar-refractivity contribution in [3.05, 3.63) is 57.8 Å². The van der Waals surface area contributed by atoms with Crippen LogP contribution in [-0.4, -0.2) is 60.4 Å². The zero-order valence-electron chi connectivity index (χ0n) is 18.3. The third-order valence-corrected chi connectivity index (χ3v) is 6.16. The SMILES string of the molecule is CCCCOc1cccc(C(O)=C2C(=O)C(=O)N(CCCN(C)C)C2c2cccs2)c1. The van der Waals surface area contributed by atoms with Crippen LogP contribution >= 0.6 is 11.3 Å². The fourth-order valence-electron chi connectivity index (χ4n) is 3.63. The van der Waals surface area contributed by atoms with Crippen LogP contribution in [0.15, 0.2) is 47.4 Å². The Hall–Kier alpha value is -2.64. The predicted octanol–water partition coefficient (Wildman–Crippen LogP) is 4.30. The predicted molar refractivity (Wildman–Crippen MR) is 123 cm³/mol.